The molecule has 7 heteroatoms. The van der Waals surface area contributed by atoms with Crippen molar-refractivity contribution in [1.29, 1.82) is 0 Å². The van der Waals surface area contributed by atoms with E-state index in [9.17, 15) is 8.42 Å². The summed E-state index contributed by atoms with van der Waals surface area (Å²) in [6, 6.07) is 6.99. The van der Waals surface area contributed by atoms with Gasteiger partial charge in [-0.25, -0.2) is 13.4 Å². The molecule has 0 fully saturated rings. The number of nitrogens with one attached hydrogen (secondary N) is 1. The van der Waals surface area contributed by atoms with E-state index >= 15 is 0 Å². The van der Waals surface area contributed by atoms with Crippen molar-refractivity contribution in [1.82, 2.24) is 14.6 Å². The van der Waals surface area contributed by atoms with E-state index in [1.807, 2.05) is 26.0 Å². The molecule has 0 unspecified atom stereocenters. The Balaban J connectivity index is 1.95. The largest absolute Gasteiger partial charge is 0.307 e. The number of hydrogen-bond donors (Lipinski definition) is 1. The zero-order valence-electron chi connectivity index (χ0n) is 16.4. The van der Waals surface area contributed by atoms with Crippen molar-refractivity contribution in [2.24, 2.45) is 0 Å². The second kappa shape index (κ2) is 8.17. The topological polar surface area (TPSA) is 62.3 Å². The summed E-state index contributed by atoms with van der Waals surface area (Å²) in [4.78, 5) is 4.99. The molecular weight excluding hydrogens is 366 g/mol. The Morgan fingerprint density at radius 3 is 2.27 bits per heavy atom. The normalized spacial score (nSPS) is 12.9. The molecule has 0 amide bonds. The Morgan fingerprint density at radius 1 is 1.15 bits per heavy atom. The Labute approximate surface area is 161 Å². The van der Waals surface area contributed by atoms with Crippen LogP contribution in [-0.4, -0.2) is 30.8 Å². The fraction of sp³-hybridized carbons (Fsp3) is 0.526. The summed E-state index contributed by atoms with van der Waals surface area (Å²) in [5.74, 6) is 0. The van der Waals surface area contributed by atoms with Crippen LogP contribution in [0.1, 0.15) is 50.9 Å². The van der Waals surface area contributed by atoms with Gasteiger partial charge in [-0.1, -0.05) is 32.9 Å². The summed E-state index contributed by atoms with van der Waals surface area (Å²) in [6.45, 7) is 11.6. The maximum atomic E-state index is 12.5. The van der Waals surface area contributed by atoms with Crippen molar-refractivity contribution in [2.75, 3.05) is 7.05 Å². The molecule has 0 aliphatic carbocycles. The Hall–Kier alpha value is -1.28. The highest BCUT2D eigenvalue weighted by molar-refractivity contribution is 7.89. The van der Waals surface area contributed by atoms with Crippen LogP contribution >= 0.6 is 11.3 Å². The number of nitrogens with zero attached hydrogens (tertiary/aromatic N) is 2. The smallest absolute Gasteiger partial charge is 0.243 e. The summed E-state index contributed by atoms with van der Waals surface area (Å²) < 4.78 is 26.3. The van der Waals surface area contributed by atoms with Crippen molar-refractivity contribution in [3.63, 3.8) is 0 Å². The van der Waals surface area contributed by atoms with Gasteiger partial charge in [-0.05, 0) is 31.5 Å². The summed E-state index contributed by atoms with van der Waals surface area (Å²) in [5.41, 5.74) is 2.16. The van der Waals surface area contributed by atoms with Crippen LogP contribution in [0.5, 0.6) is 0 Å². The fourth-order valence-electron chi connectivity index (χ4n) is 2.29. The molecule has 0 aliphatic rings. The first-order valence-corrected chi connectivity index (χ1v) is 11.1. The highest BCUT2D eigenvalue weighted by Crippen LogP contribution is 2.25. The lowest BCUT2D eigenvalue weighted by Crippen LogP contribution is -2.33. The summed E-state index contributed by atoms with van der Waals surface area (Å²) in [5, 5.41) is 6.59. The lowest BCUT2D eigenvalue weighted by atomic mass is 9.98. The number of benzene rings is 1. The van der Waals surface area contributed by atoms with E-state index in [-0.39, 0.29) is 11.5 Å². The molecule has 2 rings (SSSR count). The zero-order valence-corrected chi connectivity index (χ0v) is 18.0. The minimum atomic E-state index is -3.43. The highest BCUT2D eigenvalue weighted by atomic mass is 32.2. The van der Waals surface area contributed by atoms with Crippen molar-refractivity contribution in [2.45, 2.75) is 64.1 Å². The Bertz CT molecular complexity index is 819. The van der Waals surface area contributed by atoms with E-state index in [1.165, 1.54) is 4.31 Å². The van der Waals surface area contributed by atoms with Crippen LogP contribution in [0, 0.1) is 0 Å². The maximum Gasteiger partial charge on any atom is 0.243 e. The quantitative estimate of drug-likeness (QED) is 0.775. The third-order valence-corrected chi connectivity index (χ3v) is 7.52. The van der Waals surface area contributed by atoms with Gasteiger partial charge in [0.05, 0.1) is 15.6 Å². The third-order valence-electron chi connectivity index (χ3n) is 4.16. The van der Waals surface area contributed by atoms with Gasteiger partial charge in [0, 0.05) is 37.0 Å². The molecule has 26 heavy (non-hydrogen) atoms. The van der Waals surface area contributed by atoms with E-state index in [1.54, 1.807) is 30.5 Å². The summed E-state index contributed by atoms with van der Waals surface area (Å²) in [6.07, 6.45) is 0. The molecule has 2 aromatic rings. The molecule has 1 heterocycles. The van der Waals surface area contributed by atoms with E-state index < -0.39 is 10.0 Å². The van der Waals surface area contributed by atoms with Crippen LogP contribution in [0.25, 0.3) is 0 Å². The van der Waals surface area contributed by atoms with E-state index in [0.29, 0.717) is 18.0 Å². The molecule has 0 atom stereocenters. The first-order chi connectivity index (χ1) is 12.0. The Morgan fingerprint density at radius 2 is 1.77 bits per heavy atom. The second-order valence-electron chi connectivity index (χ2n) is 7.76. The van der Waals surface area contributed by atoms with Gasteiger partial charge in [0.15, 0.2) is 0 Å². The van der Waals surface area contributed by atoms with Crippen molar-refractivity contribution in [3.8, 4) is 0 Å². The minimum absolute atomic E-state index is 0.0718. The van der Waals surface area contributed by atoms with Gasteiger partial charge in [-0.2, -0.15) is 4.31 Å². The van der Waals surface area contributed by atoms with Crippen molar-refractivity contribution < 1.29 is 8.42 Å². The van der Waals surface area contributed by atoms with Crippen LogP contribution < -0.4 is 5.32 Å². The molecule has 0 aliphatic heterocycles. The number of thiazole rings is 1. The van der Waals surface area contributed by atoms with Crippen LogP contribution in [0.4, 0.5) is 0 Å². The summed E-state index contributed by atoms with van der Waals surface area (Å²) in [7, 11) is -1.82. The monoisotopic (exact) mass is 395 g/mol. The lowest BCUT2D eigenvalue weighted by molar-refractivity contribution is 0.410. The van der Waals surface area contributed by atoms with Gasteiger partial charge in [-0.15, -0.1) is 11.3 Å². The molecule has 0 radical (unpaired) electrons. The number of sulfonamides is 1. The van der Waals surface area contributed by atoms with Gasteiger partial charge in [0.1, 0.15) is 0 Å². The lowest BCUT2D eigenvalue weighted by Gasteiger charge is -2.21. The van der Waals surface area contributed by atoms with Gasteiger partial charge in [-0.3, -0.25) is 0 Å². The van der Waals surface area contributed by atoms with E-state index in [0.717, 1.165) is 16.3 Å². The van der Waals surface area contributed by atoms with Gasteiger partial charge < -0.3 is 5.32 Å². The molecule has 1 aromatic heterocycles. The molecule has 0 saturated heterocycles. The van der Waals surface area contributed by atoms with Gasteiger partial charge >= 0.3 is 0 Å². The Kier molecular flexibility index (Phi) is 6.60. The molecule has 144 valence electrons. The zero-order chi connectivity index (χ0) is 19.5. The van der Waals surface area contributed by atoms with Crippen LogP contribution in [0.15, 0.2) is 34.5 Å². The average Bonchev–Trinajstić information content (AvgIpc) is 3.03. The van der Waals surface area contributed by atoms with Gasteiger partial charge in [0.25, 0.3) is 0 Å². The maximum absolute atomic E-state index is 12.5. The highest BCUT2D eigenvalue weighted by Gasteiger charge is 2.22. The number of hydrogen-bond acceptors (Lipinski definition) is 5. The molecule has 1 N–H and O–H groups in total. The fourth-order valence-corrected chi connectivity index (χ4v) is 4.57. The van der Waals surface area contributed by atoms with Crippen molar-refractivity contribution >= 4 is 21.4 Å². The molecule has 5 nitrogen and oxygen atoms in total. The molecule has 1 aromatic carbocycles. The van der Waals surface area contributed by atoms with Crippen LogP contribution in [0.3, 0.4) is 0 Å². The van der Waals surface area contributed by atoms with E-state index in [4.69, 9.17) is 0 Å². The number of rotatable bonds is 7. The standard InChI is InChI=1S/C19H29N3O2S2/c1-14(2)22(6)26(23,24)17-9-7-15(8-10-17)11-20-12-16-13-25-18(21-16)19(3,4)5/h7-10,13-14,20H,11-12H2,1-6H3. The predicted octanol–water partition coefficient (Wildman–Crippen LogP) is 3.76. The molecule has 0 bridgehead atoms. The van der Waals surface area contributed by atoms with Crippen LogP contribution in [0.2, 0.25) is 0 Å². The first kappa shape index (κ1) is 21.0. The third kappa shape index (κ3) is 5.13. The predicted molar refractivity (Wildman–Crippen MR) is 108 cm³/mol. The van der Waals surface area contributed by atoms with Gasteiger partial charge in [0.2, 0.25) is 10.0 Å². The molecular formula is C19H29N3O2S2. The minimum Gasteiger partial charge on any atom is -0.307 e. The second-order valence-corrected chi connectivity index (χ2v) is 10.6. The SMILES string of the molecule is CC(C)N(C)S(=O)(=O)c1ccc(CNCc2csc(C(C)(C)C)n2)cc1. The molecule has 0 saturated carbocycles. The number of aromatic nitrogens is 1. The molecule has 0 spiro atoms. The first-order valence-electron chi connectivity index (χ1n) is 8.74. The average molecular weight is 396 g/mol. The summed E-state index contributed by atoms with van der Waals surface area (Å²) >= 11 is 1.69. The van der Waals surface area contributed by atoms with Crippen molar-refractivity contribution in [3.05, 3.63) is 45.9 Å². The van der Waals surface area contributed by atoms with E-state index in [2.05, 4.69) is 36.5 Å². The van der Waals surface area contributed by atoms with Crippen LogP contribution in [-0.2, 0) is 28.5 Å².